The second-order valence-corrected chi connectivity index (χ2v) is 4.35. The molecule has 1 aromatic carbocycles. The van der Waals surface area contributed by atoms with E-state index < -0.39 is 0 Å². The van der Waals surface area contributed by atoms with Gasteiger partial charge in [-0.2, -0.15) is 0 Å². The molecule has 0 spiro atoms. The number of aromatic nitrogens is 1. The number of hydrogen-bond acceptors (Lipinski definition) is 4. The Morgan fingerprint density at radius 3 is 2.50 bits per heavy atom. The van der Waals surface area contributed by atoms with Crippen molar-refractivity contribution in [1.29, 1.82) is 0 Å². The Morgan fingerprint density at radius 2 is 1.80 bits per heavy atom. The highest BCUT2D eigenvalue weighted by Gasteiger charge is 2.29. The molecule has 0 bridgehead atoms. The van der Waals surface area contributed by atoms with Gasteiger partial charge in [0, 0.05) is 23.4 Å². The van der Waals surface area contributed by atoms with E-state index in [1.807, 2.05) is 30.3 Å². The first-order valence-corrected chi connectivity index (χ1v) is 6.11. The van der Waals surface area contributed by atoms with Gasteiger partial charge in [0.1, 0.15) is 0 Å². The maximum absolute atomic E-state index is 12.2. The number of benzene rings is 1. The lowest BCUT2D eigenvalue weighted by Crippen LogP contribution is -2.19. The van der Waals surface area contributed by atoms with Crippen LogP contribution in [0.2, 0.25) is 0 Å². The van der Waals surface area contributed by atoms with Crippen LogP contribution in [-0.4, -0.2) is 23.7 Å². The van der Waals surface area contributed by atoms with E-state index in [0.717, 1.165) is 5.56 Å². The van der Waals surface area contributed by atoms with Crippen molar-refractivity contribution in [2.75, 3.05) is 7.11 Å². The number of ketones is 2. The molecule has 0 saturated carbocycles. The molecule has 0 N–H and O–H groups in total. The number of carbonyl (C=O) groups is 2. The summed E-state index contributed by atoms with van der Waals surface area (Å²) in [4.78, 5) is 28.7. The predicted octanol–water partition coefficient (Wildman–Crippen LogP) is 2.66. The zero-order valence-electron chi connectivity index (χ0n) is 10.8. The molecule has 4 nitrogen and oxygen atoms in total. The van der Waals surface area contributed by atoms with Crippen molar-refractivity contribution < 1.29 is 14.3 Å². The maximum Gasteiger partial charge on any atom is 0.228 e. The lowest BCUT2D eigenvalue weighted by Gasteiger charge is -2.16. The average molecular weight is 265 g/mol. The monoisotopic (exact) mass is 265 g/mol. The number of fused-ring (bicyclic) bond motifs is 1. The molecule has 0 saturated heterocycles. The second kappa shape index (κ2) is 4.74. The Bertz CT molecular complexity index is 733. The van der Waals surface area contributed by atoms with Crippen molar-refractivity contribution in [3.63, 3.8) is 0 Å². The molecule has 1 aliphatic rings. The number of ether oxygens (including phenoxy) is 1. The van der Waals surface area contributed by atoms with Crippen LogP contribution in [0.1, 0.15) is 20.7 Å². The van der Waals surface area contributed by atoms with Gasteiger partial charge in [-0.1, -0.05) is 30.3 Å². The molecule has 4 heteroatoms. The van der Waals surface area contributed by atoms with Crippen molar-refractivity contribution in [1.82, 2.24) is 4.98 Å². The first-order valence-electron chi connectivity index (χ1n) is 6.11. The van der Waals surface area contributed by atoms with Gasteiger partial charge in [0.05, 0.1) is 18.4 Å². The van der Waals surface area contributed by atoms with Crippen LogP contribution in [0.4, 0.5) is 0 Å². The van der Waals surface area contributed by atoms with Crippen molar-refractivity contribution in [3.8, 4) is 11.3 Å². The number of methoxy groups -OCH3 is 1. The highest BCUT2D eigenvalue weighted by Crippen LogP contribution is 2.29. The smallest absolute Gasteiger partial charge is 0.228 e. The molecule has 98 valence electrons. The molecule has 0 fully saturated rings. The molecule has 0 atom stereocenters. The Labute approximate surface area is 115 Å². The highest BCUT2D eigenvalue weighted by atomic mass is 16.5. The summed E-state index contributed by atoms with van der Waals surface area (Å²) in [5.74, 6) is -0.488. The van der Waals surface area contributed by atoms with E-state index in [2.05, 4.69) is 4.98 Å². The Morgan fingerprint density at radius 1 is 1.05 bits per heavy atom. The van der Waals surface area contributed by atoms with Gasteiger partial charge in [-0.05, 0) is 6.07 Å². The van der Waals surface area contributed by atoms with Crippen LogP contribution < -0.4 is 0 Å². The minimum absolute atomic E-state index is 0.0627. The first kappa shape index (κ1) is 12.3. The van der Waals surface area contributed by atoms with Gasteiger partial charge < -0.3 is 4.74 Å². The summed E-state index contributed by atoms with van der Waals surface area (Å²) < 4.78 is 4.95. The van der Waals surface area contributed by atoms with E-state index in [1.165, 1.54) is 19.4 Å². The van der Waals surface area contributed by atoms with E-state index in [0.29, 0.717) is 16.8 Å². The van der Waals surface area contributed by atoms with Gasteiger partial charge in [-0.15, -0.1) is 0 Å². The number of allylic oxidation sites excluding steroid dienone is 2. The van der Waals surface area contributed by atoms with Gasteiger partial charge in [-0.25, -0.2) is 0 Å². The standard InChI is InChI=1S/C16H11NO3/c1-20-13-9-12(18)14-11(16(13)19)7-8-17-15(14)10-5-3-2-4-6-10/h2-9H,1H3. The van der Waals surface area contributed by atoms with Gasteiger partial charge >= 0.3 is 0 Å². The van der Waals surface area contributed by atoms with E-state index in [1.54, 1.807) is 6.07 Å². The number of nitrogens with zero attached hydrogens (tertiary/aromatic N) is 1. The van der Waals surface area contributed by atoms with Gasteiger partial charge in [0.25, 0.3) is 0 Å². The van der Waals surface area contributed by atoms with Crippen LogP contribution in [0.15, 0.2) is 54.4 Å². The van der Waals surface area contributed by atoms with Gasteiger partial charge in [0.2, 0.25) is 5.78 Å². The third kappa shape index (κ3) is 1.82. The SMILES string of the molecule is COC1=CC(=O)c2c(ccnc2-c2ccccc2)C1=O. The van der Waals surface area contributed by atoms with Crippen LogP contribution in [0.5, 0.6) is 0 Å². The maximum atomic E-state index is 12.2. The zero-order chi connectivity index (χ0) is 14.1. The van der Waals surface area contributed by atoms with E-state index >= 15 is 0 Å². The van der Waals surface area contributed by atoms with Crippen molar-refractivity contribution in [3.05, 3.63) is 65.6 Å². The molecule has 3 rings (SSSR count). The molecule has 2 aromatic rings. The van der Waals surface area contributed by atoms with Crippen molar-refractivity contribution in [2.45, 2.75) is 0 Å². The van der Waals surface area contributed by atoms with Gasteiger partial charge in [0.15, 0.2) is 11.5 Å². The first-order chi connectivity index (χ1) is 9.72. The summed E-state index contributed by atoms with van der Waals surface area (Å²) in [7, 11) is 1.38. The molecular formula is C16H11NO3. The minimum atomic E-state index is -0.290. The fourth-order valence-electron chi connectivity index (χ4n) is 2.26. The number of rotatable bonds is 2. The van der Waals surface area contributed by atoms with Crippen LogP contribution in [-0.2, 0) is 4.74 Å². The summed E-state index contributed by atoms with van der Waals surface area (Å²) in [6.45, 7) is 0. The molecule has 1 aromatic heterocycles. The van der Waals surface area contributed by atoms with Crippen molar-refractivity contribution in [2.24, 2.45) is 0 Å². The molecule has 1 heterocycles. The van der Waals surface area contributed by atoms with E-state index in [-0.39, 0.29) is 17.3 Å². The molecule has 20 heavy (non-hydrogen) atoms. The Hall–Kier alpha value is -2.75. The lowest BCUT2D eigenvalue weighted by molar-refractivity contribution is 0.0916. The normalized spacial score (nSPS) is 13.8. The summed E-state index contributed by atoms with van der Waals surface area (Å²) >= 11 is 0. The zero-order valence-corrected chi connectivity index (χ0v) is 10.8. The minimum Gasteiger partial charge on any atom is -0.492 e. The number of pyridine rings is 1. The Balaban J connectivity index is 2.24. The third-order valence-corrected chi connectivity index (χ3v) is 3.20. The van der Waals surface area contributed by atoms with Crippen LogP contribution in [0.3, 0.4) is 0 Å². The fourth-order valence-corrected chi connectivity index (χ4v) is 2.26. The number of Topliss-reactive ketones (excluding diaryl/α,β-unsaturated/α-hetero) is 1. The quantitative estimate of drug-likeness (QED) is 0.837. The topological polar surface area (TPSA) is 56.3 Å². The molecule has 0 radical (unpaired) electrons. The van der Waals surface area contributed by atoms with E-state index in [4.69, 9.17) is 4.74 Å². The molecule has 0 amide bonds. The second-order valence-electron chi connectivity index (χ2n) is 4.35. The summed E-state index contributed by atoms with van der Waals surface area (Å²) in [6, 6.07) is 10.9. The molecular weight excluding hydrogens is 254 g/mol. The largest absolute Gasteiger partial charge is 0.492 e. The molecule has 0 aliphatic heterocycles. The number of carbonyl (C=O) groups excluding carboxylic acids is 2. The molecule has 0 unspecified atom stereocenters. The Kier molecular flexibility index (Phi) is 2.91. The van der Waals surface area contributed by atoms with E-state index in [9.17, 15) is 9.59 Å². The highest BCUT2D eigenvalue weighted by molar-refractivity contribution is 6.25. The van der Waals surface area contributed by atoms with Crippen LogP contribution >= 0.6 is 0 Å². The fraction of sp³-hybridized carbons (Fsp3) is 0.0625. The lowest BCUT2D eigenvalue weighted by atomic mass is 9.90. The molecule has 1 aliphatic carbocycles. The summed E-state index contributed by atoms with van der Waals surface area (Å²) in [5, 5.41) is 0. The summed E-state index contributed by atoms with van der Waals surface area (Å²) in [5.41, 5.74) is 2.00. The summed E-state index contributed by atoms with van der Waals surface area (Å²) in [6.07, 6.45) is 2.75. The predicted molar refractivity (Wildman–Crippen MR) is 73.4 cm³/mol. The van der Waals surface area contributed by atoms with Crippen LogP contribution in [0.25, 0.3) is 11.3 Å². The average Bonchev–Trinajstić information content (AvgIpc) is 2.51. The number of hydrogen-bond donors (Lipinski definition) is 0. The van der Waals surface area contributed by atoms with Gasteiger partial charge in [-0.3, -0.25) is 14.6 Å². The van der Waals surface area contributed by atoms with Crippen LogP contribution in [0, 0.1) is 0 Å². The third-order valence-electron chi connectivity index (χ3n) is 3.20. The van der Waals surface area contributed by atoms with Crippen molar-refractivity contribution >= 4 is 11.6 Å².